The Kier molecular flexibility index (Phi) is 4.99. The first-order chi connectivity index (χ1) is 8.03. The third-order valence-corrected chi connectivity index (χ3v) is 5.43. The van der Waals surface area contributed by atoms with E-state index < -0.39 is 15.6 Å². The number of hydrogen-bond acceptors (Lipinski definition) is 3. The highest BCUT2D eigenvalue weighted by Crippen LogP contribution is 2.28. The molecule has 0 heterocycles. The van der Waals surface area contributed by atoms with Gasteiger partial charge in [0.05, 0.1) is 4.90 Å². The first-order valence-corrected chi connectivity index (χ1v) is 8.34. The van der Waals surface area contributed by atoms with Crippen LogP contribution in [-0.2, 0) is 10.0 Å². The van der Waals surface area contributed by atoms with Gasteiger partial charge in [-0.3, -0.25) is 0 Å². The van der Waals surface area contributed by atoms with E-state index in [0.717, 1.165) is 10.0 Å². The van der Waals surface area contributed by atoms with Crippen LogP contribution in [0.15, 0.2) is 26.0 Å². The minimum atomic E-state index is -3.57. The summed E-state index contributed by atoms with van der Waals surface area (Å²) in [4.78, 5) is 0.198. The van der Waals surface area contributed by atoms with Crippen molar-refractivity contribution in [1.82, 2.24) is 4.72 Å². The maximum absolute atomic E-state index is 12.1. The second-order valence-corrected chi connectivity index (χ2v) is 8.29. The minimum absolute atomic E-state index is 0.174. The summed E-state index contributed by atoms with van der Waals surface area (Å²) in [6, 6.07) is 3.33. The lowest BCUT2D eigenvalue weighted by atomic mass is 10.1. The standard InChI is InChI=1S/C11H16Br2N2O2S/c1-7-4-9(13)10(5-8(7)12)18(16,17)15-6-11(2,3)14/h4-5,15H,6,14H2,1-3H3. The quantitative estimate of drug-likeness (QED) is 0.816. The molecule has 3 N–H and O–H groups in total. The van der Waals surface area contributed by atoms with Crippen molar-refractivity contribution in [1.29, 1.82) is 0 Å². The van der Waals surface area contributed by atoms with Gasteiger partial charge in [0.1, 0.15) is 0 Å². The lowest BCUT2D eigenvalue weighted by molar-refractivity contribution is 0.497. The zero-order chi connectivity index (χ0) is 14.1. The van der Waals surface area contributed by atoms with Gasteiger partial charge in [0.25, 0.3) is 0 Å². The topological polar surface area (TPSA) is 72.2 Å². The van der Waals surface area contributed by atoms with E-state index in [1.807, 2.05) is 6.92 Å². The zero-order valence-electron chi connectivity index (χ0n) is 10.4. The third-order valence-electron chi connectivity index (χ3n) is 2.22. The molecule has 4 nitrogen and oxygen atoms in total. The summed E-state index contributed by atoms with van der Waals surface area (Å²) in [7, 11) is -3.57. The van der Waals surface area contributed by atoms with Gasteiger partial charge < -0.3 is 5.73 Å². The van der Waals surface area contributed by atoms with E-state index in [2.05, 4.69) is 36.6 Å². The number of nitrogens with two attached hydrogens (primary N) is 1. The van der Waals surface area contributed by atoms with E-state index in [1.165, 1.54) is 0 Å². The van der Waals surface area contributed by atoms with Crippen LogP contribution in [0.1, 0.15) is 19.4 Å². The first-order valence-electron chi connectivity index (χ1n) is 5.27. The molecule has 0 unspecified atom stereocenters. The molecular weight excluding hydrogens is 384 g/mol. The van der Waals surface area contributed by atoms with Crippen molar-refractivity contribution in [3.63, 3.8) is 0 Å². The van der Waals surface area contributed by atoms with Crippen LogP contribution in [-0.4, -0.2) is 20.5 Å². The molecular formula is C11H16Br2N2O2S. The minimum Gasteiger partial charge on any atom is -0.324 e. The molecule has 0 bridgehead atoms. The molecule has 18 heavy (non-hydrogen) atoms. The van der Waals surface area contributed by atoms with Gasteiger partial charge in [-0.15, -0.1) is 0 Å². The number of benzene rings is 1. The van der Waals surface area contributed by atoms with Crippen molar-refractivity contribution in [3.05, 3.63) is 26.6 Å². The van der Waals surface area contributed by atoms with Gasteiger partial charge in [-0.25, -0.2) is 13.1 Å². The van der Waals surface area contributed by atoms with Gasteiger partial charge >= 0.3 is 0 Å². The number of aryl methyl sites for hydroxylation is 1. The Balaban J connectivity index is 3.10. The summed E-state index contributed by atoms with van der Waals surface area (Å²) >= 11 is 6.59. The molecule has 0 saturated carbocycles. The van der Waals surface area contributed by atoms with Crippen molar-refractivity contribution >= 4 is 41.9 Å². The lowest BCUT2D eigenvalue weighted by Crippen LogP contribution is -2.45. The Morgan fingerprint density at radius 1 is 1.28 bits per heavy atom. The predicted molar refractivity (Wildman–Crippen MR) is 80.0 cm³/mol. The maximum atomic E-state index is 12.1. The summed E-state index contributed by atoms with van der Waals surface area (Å²) in [6.07, 6.45) is 0. The highest BCUT2D eigenvalue weighted by molar-refractivity contribution is 9.11. The van der Waals surface area contributed by atoms with E-state index in [9.17, 15) is 8.42 Å². The molecule has 0 spiro atoms. The number of sulfonamides is 1. The normalized spacial score (nSPS) is 12.8. The highest BCUT2D eigenvalue weighted by atomic mass is 79.9. The molecule has 1 aromatic carbocycles. The van der Waals surface area contributed by atoms with Crippen LogP contribution < -0.4 is 10.5 Å². The second-order valence-electron chi connectivity index (χ2n) is 4.84. The van der Waals surface area contributed by atoms with Crippen molar-refractivity contribution < 1.29 is 8.42 Å². The molecule has 0 radical (unpaired) electrons. The molecule has 0 fully saturated rings. The van der Waals surface area contributed by atoms with Gasteiger partial charge in [-0.05, 0) is 54.4 Å². The lowest BCUT2D eigenvalue weighted by Gasteiger charge is -2.19. The number of hydrogen-bond donors (Lipinski definition) is 2. The fraction of sp³-hybridized carbons (Fsp3) is 0.455. The average Bonchev–Trinajstić information content (AvgIpc) is 2.19. The SMILES string of the molecule is Cc1cc(Br)c(S(=O)(=O)NCC(C)(C)N)cc1Br. The molecule has 102 valence electrons. The highest BCUT2D eigenvalue weighted by Gasteiger charge is 2.21. The molecule has 0 amide bonds. The summed E-state index contributed by atoms with van der Waals surface area (Å²) in [5.41, 5.74) is 6.13. The molecule has 0 saturated heterocycles. The first kappa shape index (κ1) is 16.1. The summed E-state index contributed by atoms with van der Waals surface area (Å²) in [5, 5.41) is 0. The van der Waals surface area contributed by atoms with Crippen molar-refractivity contribution in [2.24, 2.45) is 5.73 Å². The van der Waals surface area contributed by atoms with E-state index >= 15 is 0 Å². The van der Waals surface area contributed by atoms with Crippen LogP contribution in [0.2, 0.25) is 0 Å². The number of nitrogens with one attached hydrogen (secondary N) is 1. The Labute approximate surface area is 125 Å². The molecule has 7 heteroatoms. The fourth-order valence-corrected chi connectivity index (χ4v) is 4.09. The van der Waals surface area contributed by atoms with E-state index in [-0.39, 0.29) is 11.4 Å². The number of halogens is 2. The largest absolute Gasteiger partial charge is 0.324 e. The van der Waals surface area contributed by atoms with Crippen molar-refractivity contribution in [2.45, 2.75) is 31.2 Å². The van der Waals surface area contributed by atoms with Crippen molar-refractivity contribution in [3.8, 4) is 0 Å². The second kappa shape index (κ2) is 5.58. The average molecular weight is 400 g/mol. The Morgan fingerprint density at radius 3 is 2.33 bits per heavy atom. The Morgan fingerprint density at radius 2 is 1.83 bits per heavy atom. The molecule has 1 aromatic rings. The predicted octanol–water partition coefficient (Wildman–Crippen LogP) is 2.54. The molecule has 0 aliphatic heterocycles. The summed E-state index contributed by atoms with van der Waals surface area (Å²) in [5.74, 6) is 0. The molecule has 0 aromatic heterocycles. The summed E-state index contributed by atoms with van der Waals surface area (Å²) in [6.45, 7) is 5.58. The fourth-order valence-electron chi connectivity index (χ4n) is 1.19. The number of rotatable bonds is 4. The van der Waals surface area contributed by atoms with E-state index in [4.69, 9.17) is 5.73 Å². The van der Waals surface area contributed by atoms with Gasteiger partial charge in [-0.1, -0.05) is 15.9 Å². The van der Waals surface area contributed by atoms with Crippen LogP contribution in [0.3, 0.4) is 0 Å². The van der Waals surface area contributed by atoms with E-state index in [0.29, 0.717) is 4.47 Å². The van der Waals surface area contributed by atoms with Gasteiger partial charge in [0.15, 0.2) is 0 Å². The van der Waals surface area contributed by atoms with Gasteiger partial charge in [0, 0.05) is 21.0 Å². The van der Waals surface area contributed by atoms with Crippen LogP contribution in [0.4, 0.5) is 0 Å². The maximum Gasteiger partial charge on any atom is 0.241 e. The van der Waals surface area contributed by atoms with Crippen molar-refractivity contribution in [2.75, 3.05) is 6.54 Å². The van der Waals surface area contributed by atoms with E-state index in [1.54, 1.807) is 26.0 Å². The third kappa shape index (κ3) is 4.31. The Hall–Kier alpha value is 0.0500. The van der Waals surface area contributed by atoms with Crippen LogP contribution in [0.5, 0.6) is 0 Å². The molecule has 0 aliphatic rings. The van der Waals surface area contributed by atoms with Gasteiger partial charge in [-0.2, -0.15) is 0 Å². The van der Waals surface area contributed by atoms with Crippen LogP contribution in [0.25, 0.3) is 0 Å². The zero-order valence-corrected chi connectivity index (χ0v) is 14.4. The Bertz CT molecular complexity index is 551. The molecule has 0 aliphatic carbocycles. The molecule has 1 rings (SSSR count). The monoisotopic (exact) mass is 398 g/mol. The van der Waals surface area contributed by atoms with Crippen LogP contribution in [0, 0.1) is 6.92 Å². The molecule has 0 atom stereocenters. The smallest absolute Gasteiger partial charge is 0.241 e. The van der Waals surface area contributed by atoms with Gasteiger partial charge in [0.2, 0.25) is 10.0 Å². The summed E-state index contributed by atoms with van der Waals surface area (Å²) < 4.78 is 28.1. The van der Waals surface area contributed by atoms with Crippen LogP contribution >= 0.6 is 31.9 Å².